The van der Waals surface area contributed by atoms with Gasteiger partial charge in [0.2, 0.25) is 0 Å². The van der Waals surface area contributed by atoms with Crippen molar-refractivity contribution in [2.24, 2.45) is 0 Å². The van der Waals surface area contributed by atoms with Crippen LogP contribution in [0.15, 0.2) is 12.1 Å². The molecule has 2 aromatic rings. The van der Waals surface area contributed by atoms with Crippen molar-refractivity contribution in [3.8, 4) is 11.5 Å². The van der Waals surface area contributed by atoms with Crippen molar-refractivity contribution < 1.29 is 23.8 Å². The van der Waals surface area contributed by atoms with Gasteiger partial charge in [-0.25, -0.2) is 14.6 Å². The summed E-state index contributed by atoms with van der Waals surface area (Å²) in [6.07, 6.45) is 0.313. The highest BCUT2D eigenvalue weighted by Crippen LogP contribution is 2.42. The van der Waals surface area contributed by atoms with Gasteiger partial charge in [-0.05, 0) is 39.3 Å². The molecule has 3 aliphatic heterocycles. The Morgan fingerprint density at radius 1 is 1.30 bits per heavy atom. The molecule has 1 aromatic carbocycles. The minimum Gasteiger partial charge on any atom is -0.486 e. The number of likely N-dealkylation sites (tertiary alicyclic amines) is 1. The Morgan fingerprint density at radius 2 is 2.10 bits per heavy atom. The van der Waals surface area contributed by atoms with E-state index < -0.39 is 5.60 Å². The molecule has 2 atom stereocenters. The number of hydrogen-bond donors (Lipinski definition) is 1. The monoisotopic (exact) mass is 432 g/mol. The zero-order chi connectivity index (χ0) is 21.0. The molecule has 0 radical (unpaired) electrons. The van der Waals surface area contributed by atoms with Crippen LogP contribution in [0.4, 0.5) is 14.7 Å². The molecule has 3 amide bonds. The van der Waals surface area contributed by atoms with E-state index in [0.29, 0.717) is 54.9 Å². The summed E-state index contributed by atoms with van der Waals surface area (Å²) >= 11 is 1.43. The molecule has 0 saturated carbocycles. The first-order chi connectivity index (χ1) is 14.3. The standard InChI is InChI=1S/C20H24N4O5S/c1-20(2,3)29-19(26)23-7-6-11-12(10-23)24(17(25)21-11)18-22-15-14(30-18)5-4-13-16(15)28-9-8-27-13/h4-5,11-12H,6-10H2,1-3H3,(H,21,25)/t11-,12+/m0/s1. The summed E-state index contributed by atoms with van der Waals surface area (Å²) < 4.78 is 17.9. The minimum atomic E-state index is -0.564. The van der Waals surface area contributed by atoms with Crippen molar-refractivity contribution in [2.75, 3.05) is 31.2 Å². The number of carbonyl (C=O) groups excluding carboxylic acids is 2. The van der Waals surface area contributed by atoms with Crippen molar-refractivity contribution in [1.29, 1.82) is 0 Å². The molecule has 30 heavy (non-hydrogen) atoms. The van der Waals surface area contributed by atoms with Crippen LogP contribution in [0, 0.1) is 0 Å². The molecule has 2 saturated heterocycles. The summed E-state index contributed by atoms with van der Waals surface area (Å²) in [5, 5.41) is 3.62. The van der Waals surface area contributed by atoms with E-state index in [9.17, 15) is 9.59 Å². The third-order valence-corrected chi connectivity index (χ3v) is 6.37. The van der Waals surface area contributed by atoms with Crippen molar-refractivity contribution in [1.82, 2.24) is 15.2 Å². The summed E-state index contributed by atoms with van der Waals surface area (Å²) in [7, 11) is 0. The van der Waals surface area contributed by atoms with Crippen LogP contribution in [0.2, 0.25) is 0 Å². The topological polar surface area (TPSA) is 93.2 Å². The first-order valence-corrected chi connectivity index (χ1v) is 10.9. The van der Waals surface area contributed by atoms with Gasteiger partial charge in [-0.3, -0.25) is 4.90 Å². The zero-order valence-electron chi connectivity index (χ0n) is 17.1. The molecule has 1 aromatic heterocycles. The predicted octanol–water partition coefficient (Wildman–Crippen LogP) is 2.98. The summed E-state index contributed by atoms with van der Waals surface area (Å²) in [6, 6.07) is 3.38. The lowest BCUT2D eigenvalue weighted by atomic mass is 10.0. The Morgan fingerprint density at radius 3 is 2.90 bits per heavy atom. The number of thiazole rings is 1. The summed E-state index contributed by atoms with van der Waals surface area (Å²) in [5.41, 5.74) is 0.134. The third-order valence-electron chi connectivity index (χ3n) is 5.35. The van der Waals surface area contributed by atoms with Crippen molar-refractivity contribution in [3.63, 3.8) is 0 Å². The van der Waals surface area contributed by atoms with Crippen LogP contribution in [0.25, 0.3) is 10.2 Å². The first kappa shape index (κ1) is 19.2. The molecule has 1 N–H and O–H groups in total. The Bertz CT molecular complexity index is 1020. The highest BCUT2D eigenvalue weighted by molar-refractivity contribution is 7.22. The molecule has 0 bridgehead atoms. The normalized spacial score (nSPS) is 23.4. The van der Waals surface area contributed by atoms with Crippen LogP contribution in [0.5, 0.6) is 11.5 Å². The largest absolute Gasteiger partial charge is 0.486 e. The Labute approximate surface area is 177 Å². The van der Waals surface area contributed by atoms with Gasteiger partial charge in [-0.2, -0.15) is 0 Å². The third kappa shape index (κ3) is 3.28. The lowest BCUT2D eigenvalue weighted by Gasteiger charge is -2.37. The molecular weight excluding hydrogens is 408 g/mol. The number of carbonyl (C=O) groups is 2. The van der Waals surface area contributed by atoms with Crippen molar-refractivity contribution in [2.45, 2.75) is 44.9 Å². The van der Waals surface area contributed by atoms with Gasteiger partial charge >= 0.3 is 12.1 Å². The summed E-state index contributed by atoms with van der Waals surface area (Å²) in [5.74, 6) is 1.29. The second-order valence-electron chi connectivity index (χ2n) is 8.64. The second-order valence-corrected chi connectivity index (χ2v) is 9.65. The number of rotatable bonds is 1. The number of ether oxygens (including phenoxy) is 3. The molecule has 9 nitrogen and oxygen atoms in total. The van der Waals surface area contributed by atoms with Gasteiger partial charge in [0.05, 0.1) is 16.8 Å². The lowest BCUT2D eigenvalue weighted by molar-refractivity contribution is 0.0192. The van der Waals surface area contributed by atoms with E-state index in [2.05, 4.69) is 5.32 Å². The molecule has 0 aliphatic carbocycles. The Kier molecular flexibility index (Phi) is 4.42. The van der Waals surface area contributed by atoms with E-state index in [-0.39, 0.29) is 24.2 Å². The van der Waals surface area contributed by atoms with Crippen LogP contribution in [0.1, 0.15) is 27.2 Å². The lowest BCUT2D eigenvalue weighted by Crippen LogP contribution is -2.54. The number of hydrogen-bond acceptors (Lipinski definition) is 7. The van der Waals surface area contributed by atoms with E-state index in [1.54, 1.807) is 9.80 Å². The number of benzene rings is 1. The molecular formula is C20H24N4O5S. The van der Waals surface area contributed by atoms with E-state index in [1.165, 1.54) is 11.3 Å². The summed E-state index contributed by atoms with van der Waals surface area (Å²) in [6.45, 7) is 7.45. The van der Waals surface area contributed by atoms with E-state index in [4.69, 9.17) is 19.2 Å². The second kappa shape index (κ2) is 6.90. The average molecular weight is 433 g/mol. The van der Waals surface area contributed by atoms with Gasteiger partial charge in [0.25, 0.3) is 0 Å². The first-order valence-electron chi connectivity index (χ1n) is 10.1. The summed E-state index contributed by atoms with van der Waals surface area (Å²) in [4.78, 5) is 33.4. The SMILES string of the molecule is CC(C)(C)OC(=O)N1CC[C@@H]2NC(=O)N(c3nc4c5c(ccc4s3)OCCO5)[C@@H]2C1. The maximum atomic E-state index is 12.8. The number of urea groups is 1. The van der Waals surface area contributed by atoms with Gasteiger partial charge in [0.1, 0.15) is 24.3 Å². The van der Waals surface area contributed by atoms with Gasteiger partial charge < -0.3 is 24.4 Å². The fourth-order valence-corrected chi connectivity index (χ4v) is 5.07. The Balaban J connectivity index is 1.44. The Hall–Kier alpha value is -2.75. The van der Waals surface area contributed by atoms with Crippen LogP contribution in [0.3, 0.4) is 0 Å². The number of nitrogens with zero attached hydrogens (tertiary/aromatic N) is 3. The van der Waals surface area contributed by atoms with Crippen LogP contribution >= 0.6 is 11.3 Å². The van der Waals surface area contributed by atoms with Crippen LogP contribution < -0.4 is 19.7 Å². The van der Waals surface area contributed by atoms with Crippen LogP contribution in [-0.4, -0.2) is 66.0 Å². The maximum absolute atomic E-state index is 12.8. The number of fused-ring (bicyclic) bond motifs is 4. The smallest absolute Gasteiger partial charge is 0.410 e. The average Bonchev–Trinajstić information content (AvgIpc) is 3.25. The van der Waals surface area contributed by atoms with Gasteiger partial charge in [-0.1, -0.05) is 11.3 Å². The van der Waals surface area contributed by atoms with Crippen LogP contribution in [-0.2, 0) is 4.74 Å². The molecule has 0 unspecified atom stereocenters. The molecule has 160 valence electrons. The minimum absolute atomic E-state index is 0.0308. The van der Waals surface area contributed by atoms with Gasteiger partial charge in [0, 0.05) is 13.1 Å². The van der Waals surface area contributed by atoms with Gasteiger partial charge in [0.15, 0.2) is 16.6 Å². The fourth-order valence-electron chi connectivity index (χ4n) is 4.05. The molecule has 0 spiro atoms. The van der Waals surface area contributed by atoms with E-state index >= 15 is 0 Å². The number of anilines is 1. The number of nitrogens with one attached hydrogen (secondary N) is 1. The quantitative estimate of drug-likeness (QED) is 0.745. The zero-order valence-corrected chi connectivity index (χ0v) is 18.0. The highest BCUT2D eigenvalue weighted by atomic mass is 32.1. The maximum Gasteiger partial charge on any atom is 0.410 e. The number of aromatic nitrogens is 1. The fraction of sp³-hybridized carbons (Fsp3) is 0.550. The molecule has 4 heterocycles. The molecule has 5 rings (SSSR count). The highest BCUT2D eigenvalue weighted by Gasteiger charge is 2.46. The van der Waals surface area contributed by atoms with E-state index in [1.807, 2.05) is 32.9 Å². The molecule has 2 fully saturated rings. The van der Waals surface area contributed by atoms with Crippen molar-refractivity contribution in [3.05, 3.63) is 12.1 Å². The number of piperidine rings is 1. The van der Waals surface area contributed by atoms with Crippen molar-refractivity contribution >= 4 is 38.8 Å². The predicted molar refractivity (Wildman–Crippen MR) is 112 cm³/mol. The molecule has 10 heteroatoms. The molecule has 3 aliphatic rings. The van der Waals surface area contributed by atoms with Gasteiger partial charge in [-0.15, -0.1) is 0 Å². The van der Waals surface area contributed by atoms with E-state index in [0.717, 1.165) is 4.70 Å². The number of amides is 3.